The first-order chi connectivity index (χ1) is 14.5. The number of furan rings is 1. The molecule has 3 heterocycles. The zero-order chi connectivity index (χ0) is 21.1. The van der Waals surface area contributed by atoms with E-state index in [2.05, 4.69) is 10.1 Å². The van der Waals surface area contributed by atoms with E-state index in [1.54, 1.807) is 19.4 Å². The van der Waals surface area contributed by atoms with Crippen molar-refractivity contribution in [2.24, 2.45) is 0 Å². The quantitative estimate of drug-likeness (QED) is 0.425. The molecule has 0 unspecified atom stereocenters. The maximum atomic E-state index is 12.6. The van der Waals surface area contributed by atoms with Gasteiger partial charge in [0.15, 0.2) is 6.61 Å². The smallest absolute Gasteiger partial charge is 0.340 e. The molecule has 0 fully saturated rings. The largest absolute Gasteiger partial charge is 0.497 e. The molecule has 3 aromatic heterocycles. The number of aryl methyl sites for hydroxylation is 1. The van der Waals surface area contributed by atoms with Crippen LogP contribution in [0, 0.1) is 13.8 Å². The summed E-state index contributed by atoms with van der Waals surface area (Å²) in [5.41, 5.74) is 3.02. The lowest BCUT2D eigenvalue weighted by molar-refractivity contribution is 0.0429. The third-order valence-electron chi connectivity index (χ3n) is 4.83. The molecule has 4 aromatic rings. The van der Waals surface area contributed by atoms with E-state index < -0.39 is 5.97 Å². The van der Waals surface area contributed by atoms with Gasteiger partial charge in [-0.25, -0.2) is 4.79 Å². The van der Waals surface area contributed by atoms with E-state index in [-0.39, 0.29) is 12.5 Å². The SMILES string of the molecule is COc1ccc(-c2noc(COC(=O)c3cc(C)n(Cc4ccco4)c3C)n2)cc1. The van der Waals surface area contributed by atoms with Gasteiger partial charge in [-0.1, -0.05) is 5.16 Å². The van der Waals surface area contributed by atoms with Crippen LogP contribution in [0.15, 0.2) is 57.7 Å². The van der Waals surface area contributed by atoms with Crippen molar-refractivity contribution in [3.63, 3.8) is 0 Å². The van der Waals surface area contributed by atoms with Crippen LogP contribution in [0.25, 0.3) is 11.4 Å². The molecule has 0 aliphatic rings. The Balaban J connectivity index is 1.42. The number of esters is 1. The molecule has 0 aliphatic heterocycles. The molecule has 30 heavy (non-hydrogen) atoms. The molecular weight excluding hydrogens is 386 g/mol. The molecule has 8 nitrogen and oxygen atoms in total. The van der Waals surface area contributed by atoms with Crippen LogP contribution in [0.1, 0.15) is 33.4 Å². The molecule has 0 aliphatic carbocycles. The number of carbonyl (C=O) groups is 1. The van der Waals surface area contributed by atoms with E-state index in [1.807, 2.05) is 54.8 Å². The Morgan fingerprint density at radius 1 is 1.17 bits per heavy atom. The first kappa shape index (κ1) is 19.5. The van der Waals surface area contributed by atoms with E-state index in [1.165, 1.54) is 0 Å². The van der Waals surface area contributed by atoms with Crippen LogP contribution in [-0.4, -0.2) is 27.8 Å². The van der Waals surface area contributed by atoms with Gasteiger partial charge in [0.2, 0.25) is 5.82 Å². The van der Waals surface area contributed by atoms with Crippen LogP contribution in [0.3, 0.4) is 0 Å². The molecule has 0 spiro atoms. The van der Waals surface area contributed by atoms with E-state index in [4.69, 9.17) is 18.4 Å². The number of hydrogen-bond acceptors (Lipinski definition) is 7. The van der Waals surface area contributed by atoms with Gasteiger partial charge in [0, 0.05) is 17.0 Å². The minimum atomic E-state index is -0.446. The zero-order valence-electron chi connectivity index (χ0n) is 16.9. The second-order valence-corrected chi connectivity index (χ2v) is 6.77. The Hall–Kier alpha value is -3.81. The van der Waals surface area contributed by atoms with Crippen molar-refractivity contribution in [2.45, 2.75) is 27.0 Å². The fourth-order valence-electron chi connectivity index (χ4n) is 3.19. The average Bonchev–Trinajstić information content (AvgIpc) is 3.50. The van der Waals surface area contributed by atoms with Gasteiger partial charge in [-0.05, 0) is 56.3 Å². The number of nitrogens with zero attached hydrogens (tertiary/aromatic N) is 3. The fourth-order valence-corrected chi connectivity index (χ4v) is 3.19. The highest BCUT2D eigenvalue weighted by molar-refractivity contribution is 5.91. The second-order valence-electron chi connectivity index (χ2n) is 6.77. The van der Waals surface area contributed by atoms with E-state index in [9.17, 15) is 4.79 Å². The van der Waals surface area contributed by atoms with E-state index >= 15 is 0 Å². The van der Waals surface area contributed by atoms with Crippen molar-refractivity contribution < 1.29 is 23.2 Å². The summed E-state index contributed by atoms with van der Waals surface area (Å²) in [6.45, 7) is 4.25. The van der Waals surface area contributed by atoms with E-state index in [0.717, 1.165) is 28.5 Å². The minimum absolute atomic E-state index is 0.107. The summed E-state index contributed by atoms with van der Waals surface area (Å²) in [5, 5.41) is 3.94. The van der Waals surface area contributed by atoms with Crippen molar-refractivity contribution in [3.05, 3.63) is 77.3 Å². The summed E-state index contributed by atoms with van der Waals surface area (Å²) in [7, 11) is 1.60. The van der Waals surface area contributed by atoms with Gasteiger partial charge in [0.25, 0.3) is 5.89 Å². The van der Waals surface area contributed by atoms with Crippen molar-refractivity contribution >= 4 is 5.97 Å². The molecule has 0 saturated heterocycles. The normalized spacial score (nSPS) is 10.9. The average molecular weight is 407 g/mol. The number of rotatable bonds is 7. The molecule has 0 amide bonds. The van der Waals surface area contributed by atoms with E-state index in [0.29, 0.717) is 17.9 Å². The van der Waals surface area contributed by atoms with Gasteiger partial charge in [-0.2, -0.15) is 4.98 Å². The fraction of sp³-hybridized carbons (Fsp3) is 0.227. The van der Waals surface area contributed by atoms with Crippen LogP contribution in [0.5, 0.6) is 5.75 Å². The second kappa shape index (κ2) is 8.28. The maximum absolute atomic E-state index is 12.6. The highest BCUT2D eigenvalue weighted by Crippen LogP contribution is 2.21. The van der Waals surface area contributed by atoms with Gasteiger partial charge in [-0.15, -0.1) is 0 Å². The monoisotopic (exact) mass is 407 g/mol. The van der Waals surface area contributed by atoms with Gasteiger partial charge in [0.05, 0.1) is 25.5 Å². The predicted octanol–water partition coefficient (Wildman–Crippen LogP) is 4.16. The summed E-state index contributed by atoms with van der Waals surface area (Å²) in [6, 6.07) is 12.8. The topological polar surface area (TPSA) is 92.5 Å². The van der Waals surface area contributed by atoms with Gasteiger partial charge in [-0.3, -0.25) is 0 Å². The Morgan fingerprint density at radius 2 is 1.97 bits per heavy atom. The number of benzene rings is 1. The van der Waals surface area contributed by atoms with Crippen molar-refractivity contribution in [3.8, 4) is 17.1 Å². The van der Waals surface area contributed by atoms with Gasteiger partial charge in [0.1, 0.15) is 11.5 Å². The predicted molar refractivity (Wildman–Crippen MR) is 107 cm³/mol. The molecule has 1 aromatic carbocycles. The minimum Gasteiger partial charge on any atom is -0.497 e. The molecule has 0 radical (unpaired) electrons. The van der Waals surface area contributed by atoms with Crippen LogP contribution < -0.4 is 4.74 Å². The van der Waals surface area contributed by atoms with Gasteiger partial charge >= 0.3 is 5.97 Å². The molecular formula is C22H21N3O5. The van der Waals surface area contributed by atoms with Crippen LogP contribution in [-0.2, 0) is 17.9 Å². The summed E-state index contributed by atoms with van der Waals surface area (Å²) in [4.78, 5) is 16.9. The van der Waals surface area contributed by atoms with Gasteiger partial charge < -0.3 is 23.0 Å². The number of methoxy groups -OCH3 is 1. The number of aromatic nitrogens is 3. The molecule has 8 heteroatoms. The molecule has 0 bridgehead atoms. The highest BCUT2D eigenvalue weighted by atomic mass is 16.6. The van der Waals surface area contributed by atoms with Crippen LogP contribution in [0.2, 0.25) is 0 Å². The first-order valence-corrected chi connectivity index (χ1v) is 9.38. The molecule has 4 rings (SSSR count). The standard InChI is InChI=1S/C22H21N3O5/c1-14-11-19(15(2)25(14)12-18-5-4-10-28-18)22(26)29-13-20-23-21(24-30-20)16-6-8-17(27-3)9-7-16/h4-11H,12-13H2,1-3H3. The third kappa shape index (κ3) is 3.98. The number of ether oxygens (including phenoxy) is 2. The molecule has 0 atom stereocenters. The Labute approximate surface area is 173 Å². The maximum Gasteiger partial charge on any atom is 0.340 e. The highest BCUT2D eigenvalue weighted by Gasteiger charge is 2.19. The third-order valence-corrected chi connectivity index (χ3v) is 4.83. The Bertz CT molecular complexity index is 1140. The molecule has 0 N–H and O–H groups in total. The lowest BCUT2D eigenvalue weighted by Gasteiger charge is -2.07. The van der Waals surface area contributed by atoms with Crippen molar-refractivity contribution in [1.82, 2.24) is 14.7 Å². The summed E-state index contributed by atoms with van der Waals surface area (Å²) in [6.07, 6.45) is 1.63. The Morgan fingerprint density at radius 3 is 2.67 bits per heavy atom. The number of hydrogen-bond donors (Lipinski definition) is 0. The number of carbonyl (C=O) groups excluding carboxylic acids is 1. The van der Waals surface area contributed by atoms with Crippen molar-refractivity contribution in [1.29, 1.82) is 0 Å². The zero-order valence-corrected chi connectivity index (χ0v) is 16.9. The first-order valence-electron chi connectivity index (χ1n) is 9.38. The Kier molecular flexibility index (Phi) is 5.38. The molecule has 0 saturated carbocycles. The summed E-state index contributed by atoms with van der Waals surface area (Å²) in [5.74, 6) is 1.74. The lowest BCUT2D eigenvalue weighted by Crippen LogP contribution is -2.08. The van der Waals surface area contributed by atoms with Crippen LogP contribution in [0.4, 0.5) is 0 Å². The molecule has 154 valence electrons. The summed E-state index contributed by atoms with van der Waals surface area (Å²) >= 11 is 0. The summed E-state index contributed by atoms with van der Waals surface area (Å²) < 4.78 is 23.1. The van der Waals surface area contributed by atoms with Crippen molar-refractivity contribution in [2.75, 3.05) is 7.11 Å². The lowest BCUT2D eigenvalue weighted by atomic mass is 10.2. The van der Waals surface area contributed by atoms with Crippen LogP contribution >= 0.6 is 0 Å².